The van der Waals surface area contributed by atoms with Gasteiger partial charge in [0.05, 0.1) is 29.2 Å². The van der Waals surface area contributed by atoms with Crippen LogP contribution in [0, 0.1) is 44.8 Å². The van der Waals surface area contributed by atoms with Gasteiger partial charge in [-0.05, 0) is 140 Å². The predicted octanol–water partition coefficient (Wildman–Crippen LogP) is 8.67. The number of amides is 1. The van der Waals surface area contributed by atoms with Crippen LogP contribution in [0.4, 0.5) is 13.2 Å². The van der Waals surface area contributed by atoms with Crippen LogP contribution in [-0.4, -0.2) is 74.2 Å². The van der Waals surface area contributed by atoms with Crippen molar-refractivity contribution in [3.05, 3.63) is 53.4 Å². The molecule has 6 aliphatic rings. The number of nitrogens with one attached hydrogen (secondary N) is 1. The normalized spacial score (nSPS) is 35.6. The summed E-state index contributed by atoms with van der Waals surface area (Å²) in [6.07, 6.45) is 8.77. The lowest BCUT2D eigenvalue weighted by Crippen LogP contribution is -2.65. The Bertz CT molecular complexity index is 2060. The number of rotatable bonds is 8. The molecule has 0 spiro atoms. The average molecular weight is 829 g/mol. The van der Waals surface area contributed by atoms with Crippen molar-refractivity contribution in [1.29, 1.82) is 0 Å². The number of hydrogen-bond acceptors (Lipinski definition) is 7. The van der Waals surface area contributed by atoms with Crippen molar-refractivity contribution in [2.75, 3.05) is 39.4 Å². The van der Waals surface area contributed by atoms with E-state index in [2.05, 4.69) is 69.5 Å². The number of halogens is 3. The Morgan fingerprint density at radius 3 is 2.34 bits per heavy atom. The lowest BCUT2D eigenvalue weighted by Gasteiger charge is -2.70. The Kier molecular flexibility index (Phi) is 10.1. The number of carbonyl (C=O) groups excluding carboxylic acids is 1. The van der Waals surface area contributed by atoms with Gasteiger partial charge in [0.15, 0.2) is 0 Å². The van der Waals surface area contributed by atoms with E-state index < -0.39 is 33.0 Å². The second-order valence-electron chi connectivity index (χ2n) is 20.7. The second kappa shape index (κ2) is 14.1. The molecule has 1 amide bonds. The van der Waals surface area contributed by atoms with Gasteiger partial charge in [-0.25, -0.2) is 0 Å². The van der Waals surface area contributed by atoms with Gasteiger partial charge in [-0.15, -0.1) is 13.2 Å². The third-order valence-electron chi connectivity index (χ3n) is 16.8. The number of benzene rings is 1. The minimum absolute atomic E-state index is 0.0272. The molecule has 1 aromatic carbocycles. The minimum atomic E-state index is -4.88. The standard InChI is InChI=1S/C45H63F3N4O5S/c1-39(2)17-19-44(38(53)49-21-8-22-51-23-25-56-26-24-51)20-18-42(6)33(34(44)28-39)13-14-36-41(5)27-30-29-52(50-37(30)40(3,4)35(41)15-16-43(36,42)7)58(54,55)32-11-9-31(10-12-32)57-45(46,47)48/h9-13,29,34-36H,8,14-28H2,1-7H3,(H,49,53)/t34-,35-,36+,41-,42+,43+,44-/m0/s1. The Hall–Kier alpha value is -2.90. The van der Waals surface area contributed by atoms with Crippen LogP contribution in [0.5, 0.6) is 5.75 Å². The van der Waals surface area contributed by atoms with E-state index >= 15 is 0 Å². The second-order valence-corrected chi connectivity index (χ2v) is 22.5. The molecule has 2 aromatic rings. The van der Waals surface area contributed by atoms with Gasteiger partial charge in [-0.1, -0.05) is 60.1 Å². The molecule has 1 saturated heterocycles. The minimum Gasteiger partial charge on any atom is -0.406 e. The summed E-state index contributed by atoms with van der Waals surface area (Å²) >= 11 is 0. The molecule has 13 heteroatoms. The van der Waals surface area contributed by atoms with Crippen molar-refractivity contribution in [2.45, 2.75) is 129 Å². The number of ether oxygens (including phenoxy) is 2. The first kappa shape index (κ1) is 41.8. The average Bonchev–Trinajstić information content (AvgIpc) is 3.59. The van der Waals surface area contributed by atoms with Crippen molar-refractivity contribution in [3.63, 3.8) is 0 Å². The fourth-order valence-corrected chi connectivity index (χ4v) is 14.8. The topological polar surface area (TPSA) is 103 Å². The summed E-state index contributed by atoms with van der Waals surface area (Å²) in [6, 6.07) is 4.28. The zero-order valence-corrected chi connectivity index (χ0v) is 36.3. The zero-order chi connectivity index (χ0) is 41.7. The highest BCUT2D eigenvalue weighted by Crippen LogP contribution is 2.75. The first-order valence-electron chi connectivity index (χ1n) is 21.6. The van der Waals surface area contributed by atoms with E-state index in [0.29, 0.717) is 18.9 Å². The maximum atomic E-state index is 14.5. The number of nitrogens with zero attached hydrogens (tertiary/aromatic N) is 3. The van der Waals surface area contributed by atoms with Crippen LogP contribution in [0.3, 0.4) is 0 Å². The fourth-order valence-electron chi connectivity index (χ4n) is 13.6. The van der Waals surface area contributed by atoms with Crippen molar-refractivity contribution in [2.24, 2.45) is 44.8 Å². The van der Waals surface area contributed by atoms with Crippen LogP contribution in [0.25, 0.3) is 0 Å². The molecule has 1 aromatic heterocycles. The van der Waals surface area contributed by atoms with Gasteiger partial charge in [-0.2, -0.15) is 17.6 Å². The number of morpholine rings is 1. The lowest BCUT2D eigenvalue weighted by molar-refractivity contribution is -0.274. The number of alkyl halides is 3. The van der Waals surface area contributed by atoms with Crippen LogP contribution >= 0.6 is 0 Å². The molecule has 4 fully saturated rings. The molecule has 1 aliphatic heterocycles. The number of fused-ring (bicyclic) bond motifs is 8. The lowest BCUT2D eigenvalue weighted by atomic mass is 9.33. The van der Waals surface area contributed by atoms with Gasteiger partial charge in [0.1, 0.15) is 5.75 Å². The van der Waals surface area contributed by atoms with Crippen molar-refractivity contribution in [1.82, 2.24) is 19.4 Å². The van der Waals surface area contributed by atoms with Crippen LogP contribution in [0.15, 0.2) is 47.0 Å². The molecule has 8 rings (SSSR count). The highest BCUT2D eigenvalue weighted by atomic mass is 32.2. The van der Waals surface area contributed by atoms with Gasteiger partial charge < -0.3 is 14.8 Å². The Balaban J connectivity index is 1.07. The molecule has 0 unspecified atom stereocenters. The summed E-state index contributed by atoms with van der Waals surface area (Å²) < 4.78 is 76.7. The van der Waals surface area contributed by atoms with Gasteiger partial charge in [0.2, 0.25) is 5.91 Å². The smallest absolute Gasteiger partial charge is 0.406 e. The van der Waals surface area contributed by atoms with E-state index in [1.807, 2.05) is 0 Å². The molecule has 1 N–H and O–H groups in total. The first-order valence-corrected chi connectivity index (χ1v) is 23.0. The highest BCUT2D eigenvalue weighted by Gasteiger charge is 2.69. The van der Waals surface area contributed by atoms with E-state index in [0.717, 1.165) is 130 Å². The maximum Gasteiger partial charge on any atom is 0.573 e. The zero-order valence-electron chi connectivity index (χ0n) is 35.4. The van der Waals surface area contributed by atoms with Crippen LogP contribution in [0.2, 0.25) is 0 Å². The summed E-state index contributed by atoms with van der Waals surface area (Å²) in [6.45, 7) is 21.8. The Labute approximate surface area is 342 Å². The van der Waals surface area contributed by atoms with Gasteiger partial charge in [-0.3, -0.25) is 9.69 Å². The van der Waals surface area contributed by atoms with E-state index in [9.17, 15) is 26.4 Å². The molecular formula is C45H63F3N4O5S. The molecule has 58 heavy (non-hydrogen) atoms. The SMILES string of the molecule is CC1(C)CC[C@]2(C(=O)NCCCN3CCOCC3)CC[C@]3(C)C(=CC[C@@H]4[C@@]5(C)Cc6cn(S(=O)(=O)c7ccc(OC(F)(F)F)cc7)nc6C(C)(C)[C@@H]5CC[C@]43C)[C@@H]2C1. The third-order valence-corrected chi connectivity index (χ3v) is 18.4. The van der Waals surface area contributed by atoms with Crippen LogP contribution < -0.4 is 10.1 Å². The Morgan fingerprint density at radius 2 is 1.66 bits per heavy atom. The Morgan fingerprint density at radius 1 is 0.966 bits per heavy atom. The van der Waals surface area contributed by atoms with Gasteiger partial charge >= 0.3 is 6.36 Å². The maximum absolute atomic E-state index is 14.5. The quantitative estimate of drug-likeness (QED) is 0.210. The number of allylic oxidation sites excluding steroid dienone is 2. The first-order chi connectivity index (χ1) is 27.1. The van der Waals surface area contributed by atoms with Crippen LogP contribution in [0.1, 0.15) is 118 Å². The van der Waals surface area contributed by atoms with E-state index in [1.165, 1.54) is 5.57 Å². The number of carbonyl (C=O) groups is 1. The molecule has 320 valence electrons. The molecule has 0 bridgehead atoms. The van der Waals surface area contributed by atoms with Crippen molar-refractivity contribution in [3.8, 4) is 5.75 Å². The summed E-state index contributed by atoms with van der Waals surface area (Å²) in [4.78, 5) is 16.8. The summed E-state index contributed by atoms with van der Waals surface area (Å²) in [7, 11) is -4.18. The summed E-state index contributed by atoms with van der Waals surface area (Å²) in [5.41, 5.74) is 2.28. The van der Waals surface area contributed by atoms with E-state index in [4.69, 9.17) is 9.84 Å². The fraction of sp³-hybridized carbons (Fsp3) is 0.733. The molecule has 2 heterocycles. The predicted molar refractivity (Wildman–Crippen MR) is 216 cm³/mol. The molecule has 5 aliphatic carbocycles. The van der Waals surface area contributed by atoms with Crippen molar-refractivity contribution < 1.29 is 35.9 Å². The van der Waals surface area contributed by atoms with Gasteiger partial charge in [0, 0.05) is 31.2 Å². The summed E-state index contributed by atoms with van der Waals surface area (Å²) in [5, 5.41) is 8.21. The highest BCUT2D eigenvalue weighted by molar-refractivity contribution is 7.89. The monoisotopic (exact) mass is 828 g/mol. The number of hydrogen-bond donors (Lipinski definition) is 1. The van der Waals surface area contributed by atoms with Crippen LogP contribution in [-0.2, 0) is 31.4 Å². The molecule has 3 saturated carbocycles. The largest absolute Gasteiger partial charge is 0.573 e. The molecule has 9 nitrogen and oxygen atoms in total. The molecular weight excluding hydrogens is 766 g/mol. The number of aromatic nitrogens is 2. The third kappa shape index (κ3) is 6.66. The summed E-state index contributed by atoms with van der Waals surface area (Å²) in [5.74, 6) is 0.553. The van der Waals surface area contributed by atoms with E-state index in [1.54, 1.807) is 6.20 Å². The molecule has 7 atom stereocenters. The molecule has 0 radical (unpaired) electrons. The van der Waals surface area contributed by atoms with Crippen molar-refractivity contribution >= 4 is 15.9 Å². The van der Waals surface area contributed by atoms with E-state index in [-0.39, 0.29) is 44.3 Å². The van der Waals surface area contributed by atoms with Gasteiger partial charge in [0.25, 0.3) is 10.0 Å².